The quantitative estimate of drug-likeness (QED) is 0.565. The van der Waals surface area contributed by atoms with E-state index in [4.69, 9.17) is 14.9 Å². The molecule has 0 aliphatic rings. The molecule has 8 heteroatoms. The van der Waals surface area contributed by atoms with Gasteiger partial charge < -0.3 is 25.2 Å². The number of ether oxygens (including phenoxy) is 1. The third-order valence-corrected chi connectivity index (χ3v) is 2.78. The van der Waals surface area contributed by atoms with Crippen LogP contribution in [0.15, 0.2) is 0 Å². The molecule has 0 rings (SSSR count). The van der Waals surface area contributed by atoms with Crippen molar-refractivity contribution in [2.24, 2.45) is 0 Å². The van der Waals surface area contributed by atoms with E-state index in [0.29, 0.717) is 13.2 Å². The van der Waals surface area contributed by atoms with Crippen molar-refractivity contribution in [3.05, 3.63) is 0 Å². The molecule has 0 aliphatic carbocycles. The zero-order chi connectivity index (χ0) is 15.7. The largest absolute Gasteiger partial charge is 0.481 e. The number of methoxy groups -OCH3 is 1. The van der Waals surface area contributed by atoms with Gasteiger partial charge in [0.05, 0.1) is 12.6 Å². The summed E-state index contributed by atoms with van der Waals surface area (Å²) >= 11 is 0. The number of carboxylic acids is 2. The van der Waals surface area contributed by atoms with Crippen LogP contribution in [0.25, 0.3) is 0 Å². The summed E-state index contributed by atoms with van der Waals surface area (Å²) in [7, 11) is 1.51. The summed E-state index contributed by atoms with van der Waals surface area (Å²) < 4.78 is 4.95. The fraction of sp³-hybridized carbons (Fsp3) is 0.750. The molecular formula is C12H22N2O6. The summed E-state index contributed by atoms with van der Waals surface area (Å²) in [6, 6.07) is -1.98. The molecule has 20 heavy (non-hydrogen) atoms. The smallest absolute Gasteiger partial charge is 0.326 e. The van der Waals surface area contributed by atoms with Gasteiger partial charge in [0.15, 0.2) is 0 Å². The molecule has 116 valence electrons. The summed E-state index contributed by atoms with van der Waals surface area (Å²) in [4.78, 5) is 34.9. The van der Waals surface area contributed by atoms with E-state index in [-0.39, 0.29) is 18.9 Å². The van der Waals surface area contributed by atoms with Crippen molar-refractivity contribution in [2.45, 2.75) is 38.8 Å². The average Bonchev–Trinajstić information content (AvgIpc) is 2.34. The Bertz CT molecular complexity index is 347. The van der Waals surface area contributed by atoms with Crippen molar-refractivity contribution in [1.82, 2.24) is 10.2 Å². The molecule has 0 aromatic rings. The fourth-order valence-corrected chi connectivity index (χ4v) is 1.74. The molecule has 8 nitrogen and oxygen atoms in total. The molecule has 0 heterocycles. The third-order valence-electron chi connectivity index (χ3n) is 2.78. The van der Waals surface area contributed by atoms with Gasteiger partial charge in [-0.05, 0) is 20.3 Å². The van der Waals surface area contributed by atoms with Gasteiger partial charge in [-0.1, -0.05) is 0 Å². The molecule has 0 saturated carbocycles. The highest BCUT2D eigenvalue weighted by atomic mass is 16.5. The number of carboxylic acid groups (broad SMARTS) is 2. The molecule has 2 atom stereocenters. The molecule has 0 aromatic carbocycles. The Kier molecular flexibility index (Phi) is 8.30. The van der Waals surface area contributed by atoms with Crippen LogP contribution in [0.4, 0.5) is 4.79 Å². The van der Waals surface area contributed by atoms with Gasteiger partial charge in [-0.2, -0.15) is 0 Å². The van der Waals surface area contributed by atoms with Crippen LogP contribution in [0.1, 0.15) is 26.7 Å². The zero-order valence-electron chi connectivity index (χ0n) is 12.0. The van der Waals surface area contributed by atoms with Crippen LogP contribution in [0, 0.1) is 0 Å². The highest BCUT2D eigenvalue weighted by molar-refractivity contribution is 5.83. The lowest BCUT2D eigenvalue weighted by molar-refractivity contribution is -0.140. The van der Waals surface area contributed by atoms with Crippen LogP contribution in [0.5, 0.6) is 0 Å². The number of nitrogens with one attached hydrogen (secondary N) is 1. The number of likely N-dealkylation sites (N-methyl/N-ethyl adjacent to an activating group) is 1. The average molecular weight is 290 g/mol. The molecule has 0 bridgehead atoms. The van der Waals surface area contributed by atoms with Crippen molar-refractivity contribution in [3.8, 4) is 0 Å². The first-order chi connectivity index (χ1) is 9.33. The van der Waals surface area contributed by atoms with Gasteiger partial charge in [0.25, 0.3) is 0 Å². The Morgan fingerprint density at radius 1 is 1.30 bits per heavy atom. The maximum absolute atomic E-state index is 12.0. The van der Waals surface area contributed by atoms with Crippen molar-refractivity contribution < 1.29 is 29.3 Å². The van der Waals surface area contributed by atoms with E-state index in [2.05, 4.69) is 5.32 Å². The Morgan fingerprint density at radius 2 is 1.90 bits per heavy atom. The highest BCUT2D eigenvalue weighted by Gasteiger charge is 2.25. The number of urea groups is 1. The Morgan fingerprint density at radius 3 is 2.30 bits per heavy atom. The summed E-state index contributed by atoms with van der Waals surface area (Å²) in [6.07, 6.45) is -0.483. The van der Waals surface area contributed by atoms with E-state index < -0.39 is 24.0 Å². The van der Waals surface area contributed by atoms with Crippen LogP contribution in [-0.4, -0.2) is 65.4 Å². The van der Waals surface area contributed by atoms with E-state index in [1.807, 2.05) is 0 Å². The molecule has 0 radical (unpaired) electrons. The number of aliphatic carboxylic acids is 2. The van der Waals surface area contributed by atoms with Gasteiger partial charge in [-0.15, -0.1) is 0 Å². The van der Waals surface area contributed by atoms with Crippen molar-refractivity contribution >= 4 is 18.0 Å². The Hall–Kier alpha value is -1.83. The first-order valence-electron chi connectivity index (χ1n) is 6.34. The molecule has 0 saturated heterocycles. The number of amides is 2. The minimum atomic E-state index is -1.25. The second-order valence-electron chi connectivity index (χ2n) is 4.36. The standard InChI is InChI=1S/C12H22N2O6/c1-4-14(8(2)7-20-3)12(19)13-9(11(17)18)5-6-10(15)16/h8-9H,4-7H2,1-3H3,(H,13,19)(H,15,16)(H,17,18)/t8?,9-/m0/s1. The SMILES string of the molecule is CCN(C(=O)N[C@@H](CCC(=O)O)C(=O)O)C(C)COC. The van der Waals surface area contributed by atoms with Crippen LogP contribution in [0.3, 0.4) is 0 Å². The minimum Gasteiger partial charge on any atom is -0.481 e. The van der Waals surface area contributed by atoms with E-state index in [9.17, 15) is 14.4 Å². The Labute approximate surface area is 117 Å². The first-order valence-corrected chi connectivity index (χ1v) is 6.34. The minimum absolute atomic E-state index is 0.160. The highest BCUT2D eigenvalue weighted by Crippen LogP contribution is 2.04. The van der Waals surface area contributed by atoms with E-state index >= 15 is 0 Å². The molecule has 2 amide bonds. The third kappa shape index (κ3) is 6.37. The van der Waals surface area contributed by atoms with Crippen LogP contribution >= 0.6 is 0 Å². The first kappa shape index (κ1) is 18.2. The molecular weight excluding hydrogens is 268 g/mol. The van der Waals surface area contributed by atoms with E-state index in [0.717, 1.165) is 0 Å². The number of hydrogen-bond acceptors (Lipinski definition) is 4. The molecule has 1 unspecified atom stereocenters. The second kappa shape index (κ2) is 9.13. The lowest BCUT2D eigenvalue weighted by Gasteiger charge is -2.29. The van der Waals surface area contributed by atoms with Gasteiger partial charge in [0.2, 0.25) is 0 Å². The topological polar surface area (TPSA) is 116 Å². The van der Waals surface area contributed by atoms with Crippen LogP contribution in [-0.2, 0) is 14.3 Å². The second-order valence-corrected chi connectivity index (χ2v) is 4.36. The van der Waals surface area contributed by atoms with Crippen LogP contribution < -0.4 is 5.32 Å². The predicted molar refractivity (Wildman–Crippen MR) is 70.5 cm³/mol. The summed E-state index contributed by atoms with van der Waals surface area (Å²) in [5.41, 5.74) is 0. The summed E-state index contributed by atoms with van der Waals surface area (Å²) in [5.74, 6) is -2.36. The Balaban J connectivity index is 4.63. The number of carbonyl (C=O) groups excluding carboxylic acids is 1. The number of carbonyl (C=O) groups is 3. The fourth-order valence-electron chi connectivity index (χ4n) is 1.74. The van der Waals surface area contributed by atoms with Crippen molar-refractivity contribution in [2.75, 3.05) is 20.3 Å². The normalized spacial score (nSPS) is 13.3. The van der Waals surface area contributed by atoms with Gasteiger partial charge in [0.1, 0.15) is 6.04 Å². The lowest BCUT2D eigenvalue weighted by Crippen LogP contribution is -2.51. The maximum Gasteiger partial charge on any atom is 0.326 e. The maximum atomic E-state index is 12.0. The van der Waals surface area contributed by atoms with Gasteiger partial charge in [-0.25, -0.2) is 9.59 Å². The molecule has 0 spiro atoms. The molecule has 0 aromatic heterocycles. The van der Waals surface area contributed by atoms with Gasteiger partial charge >= 0.3 is 18.0 Å². The van der Waals surface area contributed by atoms with Crippen LogP contribution in [0.2, 0.25) is 0 Å². The zero-order valence-corrected chi connectivity index (χ0v) is 12.0. The van der Waals surface area contributed by atoms with E-state index in [1.165, 1.54) is 12.0 Å². The predicted octanol–water partition coefficient (Wildman–Crippen LogP) is 0.371. The summed E-state index contributed by atoms with van der Waals surface area (Å²) in [5, 5.41) is 19.9. The number of rotatable bonds is 9. The lowest BCUT2D eigenvalue weighted by atomic mass is 10.1. The molecule has 0 aliphatic heterocycles. The molecule has 0 fully saturated rings. The van der Waals surface area contributed by atoms with Crippen molar-refractivity contribution in [1.29, 1.82) is 0 Å². The molecule has 3 N–H and O–H groups in total. The monoisotopic (exact) mass is 290 g/mol. The van der Waals surface area contributed by atoms with E-state index in [1.54, 1.807) is 13.8 Å². The number of nitrogens with zero attached hydrogens (tertiary/aromatic N) is 1. The van der Waals surface area contributed by atoms with Gasteiger partial charge in [-0.3, -0.25) is 4.79 Å². The van der Waals surface area contributed by atoms with Crippen molar-refractivity contribution in [3.63, 3.8) is 0 Å². The van der Waals surface area contributed by atoms with Gasteiger partial charge in [0, 0.05) is 20.1 Å². The number of hydrogen-bond donors (Lipinski definition) is 3. The summed E-state index contributed by atoms with van der Waals surface area (Å²) in [6.45, 7) is 4.26.